The Bertz CT molecular complexity index is 763. The first-order valence-corrected chi connectivity index (χ1v) is 7.34. The molecule has 2 aromatic heterocycles. The minimum atomic E-state index is 0.319. The number of alkyl halides is 1. The minimum Gasteiger partial charge on any atom is -0.492 e. The number of ether oxygens (including phenoxy) is 1. The topological polar surface area (TPSA) is 53.1 Å². The van der Waals surface area contributed by atoms with Crippen molar-refractivity contribution in [3.63, 3.8) is 0 Å². The second-order valence-corrected chi connectivity index (χ2v) is 4.94. The lowest BCUT2D eigenvalue weighted by Gasteiger charge is -2.06. The quantitative estimate of drug-likeness (QED) is 0.677. The van der Waals surface area contributed by atoms with Crippen LogP contribution in [0.3, 0.4) is 0 Å². The third-order valence-corrected chi connectivity index (χ3v) is 3.44. The molecule has 3 aromatic rings. The molecule has 0 aliphatic rings. The molecule has 3 rings (SSSR count). The maximum atomic E-state index is 6.03. The molecule has 0 amide bonds. The number of rotatable bonds is 5. The summed E-state index contributed by atoms with van der Waals surface area (Å²) in [5, 5.41) is 0. The zero-order valence-electron chi connectivity index (χ0n) is 12.0. The minimum absolute atomic E-state index is 0.319. The normalized spacial score (nSPS) is 11.2. The average molecular weight is 306 g/mol. The van der Waals surface area contributed by atoms with Crippen molar-refractivity contribution >= 4 is 22.6 Å². The van der Waals surface area contributed by atoms with E-state index in [4.69, 9.17) is 20.8 Å². The van der Waals surface area contributed by atoms with Crippen molar-refractivity contribution in [3.05, 3.63) is 41.9 Å². The number of nitrogens with zero attached hydrogens (tertiary/aromatic N) is 3. The van der Waals surface area contributed by atoms with Crippen LogP contribution in [-0.2, 0) is 12.4 Å². The molecule has 2 heterocycles. The zero-order valence-corrected chi connectivity index (χ0v) is 12.7. The van der Waals surface area contributed by atoms with Gasteiger partial charge in [-0.05, 0) is 26.0 Å². The summed E-state index contributed by atoms with van der Waals surface area (Å²) in [7, 11) is 0. The fourth-order valence-corrected chi connectivity index (χ4v) is 2.53. The highest BCUT2D eigenvalue weighted by Crippen LogP contribution is 2.27. The summed E-state index contributed by atoms with van der Waals surface area (Å²) in [6, 6.07) is 5.86. The number of aryl methyl sites for hydroxylation is 1. The van der Waals surface area contributed by atoms with Gasteiger partial charge in [0.25, 0.3) is 0 Å². The number of aromatic nitrogens is 3. The maximum absolute atomic E-state index is 6.03. The van der Waals surface area contributed by atoms with Crippen LogP contribution in [-0.4, -0.2) is 21.1 Å². The smallest absolute Gasteiger partial charge is 0.214 e. The largest absolute Gasteiger partial charge is 0.492 e. The van der Waals surface area contributed by atoms with E-state index in [9.17, 15) is 0 Å². The average Bonchev–Trinajstić information content (AvgIpc) is 3.05. The molecule has 0 bridgehead atoms. The zero-order chi connectivity index (χ0) is 14.8. The highest BCUT2D eigenvalue weighted by Gasteiger charge is 2.15. The van der Waals surface area contributed by atoms with Crippen molar-refractivity contribution in [2.45, 2.75) is 26.3 Å². The Kier molecular flexibility index (Phi) is 3.84. The number of hydrogen-bond donors (Lipinski definition) is 0. The van der Waals surface area contributed by atoms with E-state index in [0.29, 0.717) is 24.9 Å². The maximum Gasteiger partial charge on any atom is 0.214 e. The van der Waals surface area contributed by atoms with Gasteiger partial charge < -0.3 is 13.7 Å². The number of hydrogen-bond acceptors (Lipinski definition) is 4. The van der Waals surface area contributed by atoms with Crippen LogP contribution in [0.25, 0.3) is 11.0 Å². The Morgan fingerprint density at radius 2 is 2.24 bits per heavy atom. The van der Waals surface area contributed by atoms with Gasteiger partial charge in [0.15, 0.2) is 0 Å². The second-order valence-electron chi connectivity index (χ2n) is 4.67. The number of benzene rings is 1. The first-order valence-electron chi connectivity index (χ1n) is 6.81. The van der Waals surface area contributed by atoms with Crippen molar-refractivity contribution < 1.29 is 9.15 Å². The Morgan fingerprint density at radius 1 is 1.38 bits per heavy atom. The lowest BCUT2D eigenvalue weighted by molar-refractivity contribution is 0.343. The molecule has 0 saturated carbocycles. The number of fused-ring (bicyclic) bond motifs is 1. The van der Waals surface area contributed by atoms with Crippen LogP contribution in [0.4, 0.5) is 0 Å². The van der Waals surface area contributed by atoms with E-state index in [1.54, 1.807) is 6.20 Å². The van der Waals surface area contributed by atoms with Crippen molar-refractivity contribution in [1.29, 1.82) is 0 Å². The summed E-state index contributed by atoms with van der Waals surface area (Å²) in [4.78, 5) is 8.83. The predicted octanol–water partition coefficient (Wildman–Crippen LogP) is 3.52. The van der Waals surface area contributed by atoms with Gasteiger partial charge in [-0.25, -0.2) is 9.97 Å². The first kappa shape index (κ1) is 13.9. The molecule has 21 heavy (non-hydrogen) atoms. The summed E-state index contributed by atoms with van der Waals surface area (Å²) in [6.45, 7) is 4.93. The number of oxazole rings is 1. The van der Waals surface area contributed by atoms with E-state index in [2.05, 4.69) is 9.97 Å². The molecule has 1 aromatic carbocycles. The van der Waals surface area contributed by atoms with Crippen molar-refractivity contribution in [3.8, 4) is 5.75 Å². The van der Waals surface area contributed by atoms with Crippen molar-refractivity contribution in [2.24, 2.45) is 0 Å². The highest BCUT2D eigenvalue weighted by molar-refractivity contribution is 6.16. The van der Waals surface area contributed by atoms with Gasteiger partial charge in [0.1, 0.15) is 29.4 Å². The lowest BCUT2D eigenvalue weighted by Crippen LogP contribution is -2.04. The van der Waals surface area contributed by atoms with Crippen molar-refractivity contribution in [2.75, 3.05) is 6.61 Å². The number of para-hydroxylation sites is 1. The molecule has 5 nitrogen and oxygen atoms in total. The third-order valence-electron chi connectivity index (χ3n) is 3.20. The summed E-state index contributed by atoms with van der Waals surface area (Å²) in [5.41, 5.74) is 1.78. The molecule has 6 heteroatoms. The van der Waals surface area contributed by atoms with Crippen LogP contribution in [0.1, 0.15) is 24.4 Å². The monoisotopic (exact) mass is 305 g/mol. The summed E-state index contributed by atoms with van der Waals surface area (Å²) >= 11 is 6.03. The van der Waals surface area contributed by atoms with Crippen LogP contribution in [0.2, 0.25) is 0 Å². The molecule has 0 aliphatic heterocycles. The van der Waals surface area contributed by atoms with E-state index in [-0.39, 0.29) is 0 Å². The Balaban J connectivity index is 2.09. The molecule has 0 atom stereocenters. The molecule has 110 valence electrons. The Labute approximate surface area is 127 Å². The summed E-state index contributed by atoms with van der Waals surface area (Å²) in [5.74, 6) is 3.29. The van der Waals surface area contributed by atoms with Gasteiger partial charge in [-0.3, -0.25) is 0 Å². The van der Waals surface area contributed by atoms with Crippen LogP contribution < -0.4 is 4.74 Å². The Hall–Kier alpha value is -2.01. The van der Waals surface area contributed by atoms with E-state index >= 15 is 0 Å². The van der Waals surface area contributed by atoms with Gasteiger partial charge in [0, 0.05) is 0 Å². The standard InChI is InChI=1S/C15H16ClN3O2/c1-3-20-12-6-4-5-11-15(12)18-13(7-16)19(11)9-14-17-8-10(2)21-14/h4-6,8H,3,7,9H2,1-2H3. The molecule has 0 fully saturated rings. The third kappa shape index (κ3) is 2.61. The van der Waals surface area contributed by atoms with Crippen LogP contribution >= 0.6 is 11.6 Å². The van der Waals surface area contributed by atoms with Gasteiger partial charge in [-0.15, -0.1) is 11.6 Å². The van der Waals surface area contributed by atoms with Crippen LogP contribution in [0, 0.1) is 6.92 Å². The molecule has 0 spiro atoms. The number of halogens is 1. The van der Waals surface area contributed by atoms with E-state index in [0.717, 1.165) is 28.4 Å². The van der Waals surface area contributed by atoms with Gasteiger partial charge in [0.2, 0.25) is 5.89 Å². The predicted molar refractivity (Wildman–Crippen MR) is 80.8 cm³/mol. The lowest BCUT2D eigenvalue weighted by atomic mass is 10.3. The SMILES string of the molecule is CCOc1cccc2c1nc(CCl)n2Cc1ncc(C)o1. The molecular weight excluding hydrogens is 290 g/mol. The van der Waals surface area contributed by atoms with Gasteiger partial charge >= 0.3 is 0 Å². The van der Waals surface area contributed by atoms with Crippen molar-refractivity contribution in [1.82, 2.24) is 14.5 Å². The Morgan fingerprint density at radius 3 is 2.90 bits per heavy atom. The molecular formula is C15H16ClN3O2. The second kappa shape index (κ2) is 5.77. The van der Waals surface area contributed by atoms with Gasteiger partial charge in [0.05, 0.1) is 24.2 Å². The summed E-state index contributed by atoms with van der Waals surface area (Å²) in [6.07, 6.45) is 1.71. The first-order chi connectivity index (χ1) is 10.2. The molecule has 0 saturated heterocycles. The fourth-order valence-electron chi connectivity index (χ4n) is 2.33. The van der Waals surface area contributed by atoms with Gasteiger partial charge in [-0.2, -0.15) is 0 Å². The number of imidazole rings is 1. The highest BCUT2D eigenvalue weighted by atomic mass is 35.5. The molecule has 0 N–H and O–H groups in total. The van der Waals surface area contributed by atoms with E-state index < -0.39 is 0 Å². The summed E-state index contributed by atoms with van der Waals surface area (Å²) < 4.78 is 13.2. The fraction of sp³-hybridized carbons (Fsp3) is 0.333. The molecule has 0 unspecified atom stereocenters. The van der Waals surface area contributed by atoms with E-state index in [1.807, 2.05) is 36.6 Å². The molecule has 0 aliphatic carbocycles. The van der Waals surface area contributed by atoms with Crippen LogP contribution in [0.5, 0.6) is 5.75 Å². The van der Waals surface area contributed by atoms with Crippen LogP contribution in [0.15, 0.2) is 28.8 Å². The van der Waals surface area contributed by atoms with Gasteiger partial charge in [-0.1, -0.05) is 6.07 Å². The van der Waals surface area contributed by atoms with E-state index in [1.165, 1.54) is 0 Å². The molecule has 0 radical (unpaired) electrons.